The summed E-state index contributed by atoms with van der Waals surface area (Å²) in [4.78, 5) is 20.3. The second-order valence-electron chi connectivity index (χ2n) is 3.44. The lowest BCUT2D eigenvalue weighted by Crippen LogP contribution is -1.99. The summed E-state index contributed by atoms with van der Waals surface area (Å²) in [5, 5.41) is 0. The van der Waals surface area contributed by atoms with E-state index in [1.54, 1.807) is 0 Å². The summed E-state index contributed by atoms with van der Waals surface area (Å²) < 4.78 is 4.64. The monoisotopic (exact) mass is 200 g/mol. The first-order valence-corrected chi connectivity index (χ1v) is 5.32. The molecular formula is C11H20O3. The molecule has 0 unspecified atom stereocenters. The molecule has 1 rings (SSSR count). The van der Waals surface area contributed by atoms with Crippen LogP contribution in [0.15, 0.2) is 0 Å². The van der Waals surface area contributed by atoms with Crippen LogP contribution in [-0.2, 0) is 14.3 Å². The summed E-state index contributed by atoms with van der Waals surface area (Å²) >= 11 is 0. The second-order valence-corrected chi connectivity index (χ2v) is 3.44. The molecule has 0 amide bonds. The van der Waals surface area contributed by atoms with Gasteiger partial charge in [0.2, 0.25) is 0 Å². The fourth-order valence-electron chi connectivity index (χ4n) is 1.13. The Morgan fingerprint density at radius 1 is 1.36 bits per heavy atom. The van der Waals surface area contributed by atoms with Crippen LogP contribution in [0, 0.1) is 0 Å². The molecule has 0 atom stereocenters. The highest BCUT2D eigenvalue weighted by Crippen LogP contribution is 2.11. The van der Waals surface area contributed by atoms with E-state index in [1.165, 1.54) is 6.92 Å². The Bertz CT molecular complexity index is 167. The van der Waals surface area contributed by atoms with Gasteiger partial charge in [-0.3, -0.25) is 9.59 Å². The largest absolute Gasteiger partial charge is 0.466 e. The van der Waals surface area contributed by atoms with Gasteiger partial charge < -0.3 is 4.74 Å². The highest BCUT2D eigenvalue weighted by Gasteiger charge is 2.07. The Kier molecular flexibility index (Phi) is 8.19. The molecule has 0 aromatic rings. The predicted molar refractivity (Wildman–Crippen MR) is 55.0 cm³/mol. The number of carbonyl (C=O) groups is 2. The lowest BCUT2D eigenvalue weighted by molar-refractivity contribution is -0.141. The smallest absolute Gasteiger partial charge is 0.302 e. The minimum atomic E-state index is -0.182. The van der Waals surface area contributed by atoms with Crippen molar-refractivity contribution in [2.24, 2.45) is 0 Å². The van der Waals surface area contributed by atoms with Crippen molar-refractivity contribution >= 4 is 11.8 Å². The van der Waals surface area contributed by atoms with Gasteiger partial charge in [0, 0.05) is 19.8 Å². The SMILES string of the molecule is CCCCOC(C)=O.O=C1CCCC1. The van der Waals surface area contributed by atoms with Crippen LogP contribution < -0.4 is 0 Å². The number of unbranched alkanes of at least 4 members (excludes halogenated alkanes) is 1. The zero-order chi connectivity index (χ0) is 10.8. The van der Waals surface area contributed by atoms with Gasteiger partial charge in [-0.15, -0.1) is 0 Å². The van der Waals surface area contributed by atoms with Gasteiger partial charge in [0.1, 0.15) is 5.78 Å². The van der Waals surface area contributed by atoms with E-state index >= 15 is 0 Å². The van der Waals surface area contributed by atoms with Crippen molar-refractivity contribution in [2.75, 3.05) is 6.61 Å². The summed E-state index contributed by atoms with van der Waals surface area (Å²) in [6, 6.07) is 0. The summed E-state index contributed by atoms with van der Waals surface area (Å²) in [6.45, 7) is 4.06. The van der Waals surface area contributed by atoms with Crippen LogP contribution in [0.25, 0.3) is 0 Å². The number of hydrogen-bond donors (Lipinski definition) is 0. The quantitative estimate of drug-likeness (QED) is 0.519. The highest BCUT2D eigenvalue weighted by molar-refractivity contribution is 5.80. The summed E-state index contributed by atoms with van der Waals surface area (Å²) in [6.07, 6.45) is 6.02. The van der Waals surface area contributed by atoms with E-state index in [0.717, 1.165) is 38.5 Å². The molecule has 3 nitrogen and oxygen atoms in total. The number of hydrogen-bond acceptors (Lipinski definition) is 3. The Hall–Kier alpha value is -0.860. The minimum absolute atomic E-state index is 0.182. The summed E-state index contributed by atoms with van der Waals surface area (Å²) in [5.41, 5.74) is 0. The van der Waals surface area contributed by atoms with Crippen molar-refractivity contribution in [1.82, 2.24) is 0 Å². The lowest BCUT2D eigenvalue weighted by atomic mass is 10.4. The van der Waals surface area contributed by atoms with E-state index < -0.39 is 0 Å². The van der Waals surface area contributed by atoms with Crippen LogP contribution in [0.2, 0.25) is 0 Å². The maximum absolute atomic E-state index is 10.2. The zero-order valence-electron chi connectivity index (χ0n) is 9.17. The Morgan fingerprint density at radius 3 is 2.21 bits per heavy atom. The van der Waals surface area contributed by atoms with Crippen LogP contribution >= 0.6 is 0 Å². The van der Waals surface area contributed by atoms with Crippen LogP contribution in [0.4, 0.5) is 0 Å². The number of rotatable bonds is 3. The molecule has 0 bridgehead atoms. The average molecular weight is 200 g/mol. The first-order chi connectivity index (χ1) is 6.66. The normalized spacial score (nSPS) is 14.6. The zero-order valence-corrected chi connectivity index (χ0v) is 9.17. The van der Waals surface area contributed by atoms with E-state index in [-0.39, 0.29) is 5.97 Å². The molecule has 3 heteroatoms. The molecule has 82 valence electrons. The minimum Gasteiger partial charge on any atom is -0.466 e. The third-order valence-electron chi connectivity index (χ3n) is 1.96. The second kappa shape index (κ2) is 8.73. The van der Waals surface area contributed by atoms with E-state index in [9.17, 15) is 9.59 Å². The van der Waals surface area contributed by atoms with Crippen molar-refractivity contribution in [2.45, 2.75) is 52.4 Å². The third kappa shape index (κ3) is 9.23. The molecule has 0 aliphatic heterocycles. The van der Waals surface area contributed by atoms with Gasteiger partial charge >= 0.3 is 5.97 Å². The Balaban J connectivity index is 0.000000249. The van der Waals surface area contributed by atoms with Crippen molar-refractivity contribution in [3.63, 3.8) is 0 Å². The van der Waals surface area contributed by atoms with Gasteiger partial charge in [0.05, 0.1) is 6.61 Å². The number of Topliss-reactive ketones (excluding diaryl/α,β-unsaturated/α-hetero) is 1. The molecule has 1 aliphatic rings. The van der Waals surface area contributed by atoms with Crippen molar-refractivity contribution in [3.05, 3.63) is 0 Å². The molecule has 0 aromatic carbocycles. The molecule has 1 fully saturated rings. The fraction of sp³-hybridized carbons (Fsp3) is 0.818. The summed E-state index contributed by atoms with van der Waals surface area (Å²) in [5.74, 6) is 0.272. The predicted octanol–water partition coefficient (Wildman–Crippen LogP) is 2.48. The van der Waals surface area contributed by atoms with Crippen LogP contribution in [0.5, 0.6) is 0 Å². The molecule has 0 radical (unpaired) electrons. The molecule has 14 heavy (non-hydrogen) atoms. The van der Waals surface area contributed by atoms with Crippen LogP contribution in [-0.4, -0.2) is 18.4 Å². The van der Waals surface area contributed by atoms with E-state index in [0.29, 0.717) is 12.4 Å². The molecule has 0 heterocycles. The summed E-state index contributed by atoms with van der Waals surface area (Å²) in [7, 11) is 0. The molecule has 0 saturated heterocycles. The van der Waals surface area contributed by atoms with Crippen molar-refractivity contribution in [1.29, 1.82) is 0 Å². The number of ether oxygens (including phenoxy) is 1. The van der Waals surface area contributed by atoms with Gasteiger partial charge in [-0.25, -0.2) is 0 Å². The topological polar surface area (TPSA) is 43.4 Å². The number of carbonyl (C=O) groups excluding carboxylic acids is 2. The van der Waals surface area contributed by atoms with Gasteiger partial charge in [0.15, 0.2) is 0 Å². The van der Waals surface area contributed by atoms with Gasteiger partial charge in [-0.2, -0.15) is 0 Å². The fourth-order valence-corrected chi connectivity index (χ4v) is 1.13. The molecule has 0 N–H and O–H groups in total. The standard InChI is InChI=1S/C6H12O2.C5H8O/c1-3-4-5-8-6(2)7;6-5-3-1-2-4-5/h3-5H2,1-2H3;1-4H2. The molecular weight excluding hydrogens is 180 g/mol. The molecule has 1 saturated carbocycles. The Morgan fingerprint density at radius 2 is 1.93 bits per heavy atom. The Labute approximate surface area is 85.8 Å². The lowest BCUT2D eigenvalue weighted by Gasteiger charge is -1.96. The van der Waals surface area contributed by atoms with E-state index in [1.807, 2.05) is 0 Å². The van der Waals surface area contributed by atoms with Gasteiger partial charge in [0.25, 0.3) is 0 Å². The van der Waals surface area contributed by atoms with Gasteiger partial charge in [-0.05, 0) is 19.3 Å². The van der Waals surface area contributed by atoms with Crippen LogP contribution in [0.1, 0.15) is 52.4 Å². The number of esters is 1. The maximum Gasteiger partial charge on any atom is 0.302 e. The number of ketones is 1. The van der Waals surface area contributed by atoms with E-state index in [2.05, 4.69) is 11.7 Å². The molecule has 0 spiro atoms. The third-order valence-corrected chi connectivity index (χ3v) is 1.96. The maximum atomic E-state index is 10.2. The van der Waals surface area contributed by atoms with Gasteiger partial charge in [-0.1, -0.05) is 13.3 Å². The molecule has 0 aromatic heterocycles. The van der Waals surface area contributed by atoms with Crippen LogP contribution in [0.3, 0.4) is 0 Å². The first-order valence-electron chi connectivity index (χ1n) is 5.32. The highest BCUT2D eigenvalue weighted by atomic mass is 16.5. The van der Waals surface area contributed by atoms with Crippen molar-refractivity contribution in [3.8, 4) is 0 Å². The molecule has 1 aliphatic carbocycles. The van der Waals surface area contributed by atoms with E-state index in [4.69, 9.17) is 0 Å². The first kappa shape index (κ1) is 13.1. The average Bonchev–Trinajstić information content (AvgIpc) is 2.57. The van der Waals surface area contributed by atoms with Crippen molar-refractivity contribution < 1.29 is 14.3 Å².